The average molecular weight is 622 g/mol. The maximum Gasteiger partial charge on any atom is 0.314 e. The van der Waals surface area contributed by atoms with Crippen LogP contribution in [0.1, 0.15) is 69.2 Å². The van der Waals surface area contributed by atoms with Crippen LogP contribution >= 0.6 is 22.1 Å². The van der Waals surface area contributed by atoms with E-state index >= 15 is 0 Å². The second kappa shape index (κ2) is 17.5. The van der Waals surface area contributed by atoms with Crippen molar-refractivity contribution < 1.29 is 41.6 Å². The first kappa shape index (κ1) is 43.0. The Morgan fingerprint density at radius 3 is 1.41 bits per heavy atom. The predicted molar refractivity (Wildman–Crippen MR) is 163 cm³/mol. The van der Waals surface area contributed by atoms with Crippen molar-refractivity contribution in [3.05, 3.63) is 0 Å². The minimum atomic E-state index is -2.60. The van der Waals surface area contributed by atoms with Gasteiger partial charge in [-0.25, -0.2) is 0 Å². The molecule has 0 heterocycles. The fourth-order valence-electron chi connectivity index (χ4n) is 2.33. The summed E-state index contributed by atoms with van der Waals surface area (Å²) < 4.78 is 54.7. The zero-order valence-corrected chi connectivity index (χ0v) is 30.2. The molecule has 1 N–H and O–H groups in total. The Labute approximate surface area is 238 Å². The summed E-state index contributed by atoms with van der Waals surface area (Å²) >= 11 is 0. The van der Waals surface area contributed by atoms with Crippen LogP contribution in [-0.4, -0.2) is 83.8 Å². The first-order valence-electron chi connectivity index (χ1n) is 13.0. The molecule has 0 aliphatic rings. The van der Waals surface area contributed by atoms with Crippen LogP contribution in [0.15, 0.2) is 0 Å². The van der Waals surface area contributed by atoms with E-state index in [1.165, 1.54) is 13.3 Å². The van der Waals surface area contributed by atoms with E-state index in [1.54, 1.807) is 82.2 Å². The van der Waals surface area contributed by atoms with Crippen molar-refractivity contribution in [3.63, 3.8) is 0 Å². The molecule has 0 aromatic heterocycles. The van der Waals surface area contributed by atoms with Gasteiger partial charge in [-0.3, -0.25) is 23.3 Å². The highest BCUT2D eigenvalue weighted by Gasteiger charge is 2.38. The van der Waals surface area contributed by atoms with Crippen LogP contribution in [0.5, 0.6) is 0 Å². The van der Waals surface area contributed by atoms with E-state index < -0.39 is 33.6 Å². The van der Waals surface area contributed by atoms with E-state index in [0.717, 1.165) is 0 Å². The van der Waals surface area contributed by atoms with E-state index in [9.17, 15) is 23.3 Å². The van der Waals surface area contributed by atoms with Gasteiger partial charge in [0.1, 0.15) is 0 Å². The van der Waals surface area contributed by atoms with E-state index in [-0.39, 0.29) is 35.4 Å². The normalized spacial score (nSPS) is 15.1. The average Bonchev–Trinajstić information content (AvgIpc) is 2.68. The van der Waals surface area contributed by atoms with Crippen LogP contribution in [0, 0.1) is 16.7 Å². The van der Waals surface area contributed by atoms with Crippen LogP contribution in [-0.2, 0) is 41.6 Å². The lowest BCUT2D eigenvalue weighted by Crippen LogP contribution is -2.39. The molecule has 0 fully saturated rings. The van der Waals surface area contributed by atoms with Gasteiger partial charge in [0.2, 0.25) is 5.91 Å². The molecule has 39 heavy (non-hydrogen) atoms. The zero-order chi connectivity index (χ0) is 32.2. The summed E-state index contributed by atoms with van der Waals surface area (Å²) in [5.74, 6) is -0.706. The molecule has 13 heteroatoms. The Morgan fingerprint density at radius 2 is 1.15 bits per heavy atom. The monoisotopic (exact) mass is 621 g/mol. The third-order valence-corrected chi connectivity index (χ3v) is 7.30. The fraction of sp³-hybridized carbons (Fsp3) is 0.923. The van der Waals surface area contributed by atoms with Crippen LogP contribution < -0.4 is 5.32 Å². The summed E-state index contributed by atoms with van der Waals surface area (Å²) in [4.78, 5) is 23.0. The highest BCUT2D eigenvalue weighted by atomic mass is 31.2. The van der Waals surface area contributed by atoms with Gasteiger partial charge in [-0.15, -0.1) is 0 Å². The molecule has 0 aromatic rings. The van der Waals surface area contributed by atoms with Gasteiger partial charge in [-0.2, -0.15) is 0 Å². The lowest BCUT2D eigenvalue weighted by molar-refractivity contribution is -0.162. The summed E-state index contributed by atoms with van der Waals surface area (Å²) in [7, 11) is -5.80. The molecular weight excluding hydrogens is 563 g/mol. The molecule has 0 aromatic carbocycles. The van der Waals surface area contributed by atoms with Crippen LogP contribution in [0.3, 0.4) is 0 Å². The molecule has 0 saturated carbocycles. The molecule has 0 spiro atoms. The van der Waals surface area contributed by atoms with Crippen molar-refractivity contribution >= 4 is 34.0 Å². The first-order valence-corrected chi connectivity index (χ1v) is 20.6. The molecule has 0 aliphatic carbocycles. The van der Waals surface area contributed by atoms with Crippen molar-refractivity contribution in [2.24, 2.45) is 16.7 Å². The van der Waals surface area contributed by atoms with Gasteiger partial charge in [0.25, 0.3) is 0 Å². The number of carbonyl (C=O) groups is 2. The van der Waals surface area contributed by atoms with Gasteiger partial charge in [0.15, 0.2) is 22.1 Å². The maximum absolute atomic E-state index is 11.8. The third-order valence-electron chi connectivity index (χ3n) is 4.89. The molecule has 1 amide bonds. The summed E-state index contributed by atoms with van der Waals surface area (Å²) in [6.07, 6.45) is -0.922. The largest absolute Gasteiger partial charge is 0.462 e. The number of hydrogen-bond donors (Lipinski definition) is 1. The summed E-state index contributed by atoms with van der Waals surface area (Å²) in [5.41, 5.74) is -0.687. The number of esters is 1. The lowest BCUT2D eigenvalue weighted by atomic mass is 9.88. The molecule has 3 atom stereocenters. The molecular formula is C26H58NO9P3. The summed E-state index contributed by atoms with van der Waals surface area (Å²) in [5, 5.41) is 2.52. The Kier molecular flexibility index (Phi) is 19.2. The summed E-state index contributed by atoms with van der Waals surface area (Å²) in [6.45, 7) is 28.5. The molecule has 0 saturated heterocycles. The minimum Gasteiger partial charge on any atom is -0.462 e. The molecule has 0 bridgehead atoms. The first-order chi connectivity index (χ1) is 16.9. The Bertz CT molecular complexity index is 880. The highest BCUT2D eigenvalue weighted by molar-refractivity contribution is 7.57. The van der Waals surface area contributed by atoms with E-state index in [1.807, 2.05) is 0 Å². The Morgan fingerprint density at radius 1 is 0.744 bits per heavy atom. The number of hydrogen-bond acceptors (Lipinski definition) is 9. The molecule has 0 aliphatic heterocycles. The lowest BCUT2D eigenvalue weighted by Gasteiger charge is -2.31. The maximum atomic E-state index is 11.8. The molecule has 0 radical (unpaired) electrons. The third kappa shape index (κ3) is 26.2. The summed E-state index contributed by atoms with van der Waals surface area (Å²) in [6, 6.07) is 0. The van der Waals surface area contributed by atoms with Gasteiger partial charge in [0, 0.05) is 47.0 Å². The Balaban J connectivity index is -0.000000513. The minimum absolute atomic E-state index is 0.0963. The zero-order valence-electron chi connectivity index (χ0n) is 27.5. The Hall–Kier alpha value is -0.490. The van der Waals surface area contributed by atoms with Gasteiger partial charge >= 0.3 is 5.97 Å². The SMILES string of the molecule is CC(C)(C)COP(C)(C)=O.CC(C)OC(=O)C(C)(C)C(C)OP(C)(C)=O.CNC(=O)C(C)C(C)OP(C)(C)=O. The van der Waals surface area contributed by atoms with E-state index in [4.69, 9.17) is 18.3 Å². The van der Waals surface area contributed by atoms with Crippen LogP contribution in [0.25, 0.3) is 0 Å². The van der Waals surface area contributed by atoms with Gasteiger partial charge < -0.3 is 23.6 Å². The van der Waals surface area contributed by atoms with Crippen molar-refractivity contribution in [2.45, 2.75) is 87.5 Å². The quantitative estimate of drug-likeness (QED) is 0.195. The molecule has 3 unspecified atom stereocenters. The van der Waals surface area contributed by atoms with Crippen molar-refractivity contribution in [2.75, 3.05) is 53.6 Å². The second-order valence-electron chi connectivity index (χ2n) is 12.7. The topological polar surface area (TPSA) is 134 Å². The highest BCUT2D eigenvalue weighted by Crippen LogP contribution is 2.43. The van der Waals surface area contributed by atoms with E-state index in [0.29, 0.717) is 6.61 Å². The molecule has 0 rings (SSSR count). The van der Waals surface area contributed by atoms with Gasteiger partial charge in [0.05, 0.1) is 36.3 Å². The number of ether oxygens (including phenoxy) is 1. The predicted octanol–water partition coefficient (Wildman–Crippen LogP) is 6.81. The molecule has 236 valence electrons. The number of carbonyl (C=O) groups excluding carboxylic acids is 2. The van der Waals surface area contributed by atoms with Gasteiger partial charge in [-0.1, -0.05) is 27.7 Å². The molecule has 10 nitrogen and oxygen atoms in total. The fourth-order valence-corrected chi connectivity index (χ4v) is 5.03. The van der Waals surface area contributed by atoms with Crippen LogP contribution in [0.2, 0.25) is 0 Å². The van der Waals surface area contributed by atoms with Gasteiger partial charge in [-0.05, 0) is 47.0 Å². The number of rotatable bonds is 11. The smallest absolute Gasteiger partial charge is 0.314 e. The van der Waals surface area contributed by atoms with Crippen molar-refractivity contribution in [3.8, 4) is 0 Å². The van der Waals surface area contributed by atoms with E-state index in [2.05, 4.69) is 26.1 Å². The number of nitrogens with one attached hydrogen (secondary N) is 1. The standard InChI is InChI=1S/C11H23O4P.C8H18NO3P.C7H17O2P/c1-8(2)14-10(12)11(4,5)9(3)15-16(6,7)13;1-6(8(10)9-3)7(2)12-13(4,5)11;1-7(2,3)6-9-10(4,5)8/h8-9H,1-7H3;6-7H,1-5H3,(H,9,10);6H2,1-5H3. The van der Waals surface area contributed by atoms with Crippen molar-refractivity contribution in [1.29, 1.82) is 0 Å². The van der Waals surface area contributed by atoms with Crippen LogP contribution in [0.4, 0.5) is 0 Å². The second-order valence-corrected chi connectivity index (χ2v) is 20.9. The van der Waals surface area contributed by atoms with Crippen molar-refractivity contribution in [1.82, 2.24) is 5.32 Å². The number of amides is 1.